The quantitative estimate of drug-likeness (QED) is 0.697. The summed E-state index contributed by atoms with van der Waals surface area (Å²) in [7, 11) is 0. The van der Waals surface area contributed by atoms with Gasteiger partial charge in [-0.25, -0.2) is 0 Å². The number of carbonyl (C=O) groups excluding carboxylic acids is 2. The average molecular weight is 370 g/mol. The molecule has 0 aromatic carbocycles. The second-order valence-corrected chi connectivity index (χ2v) is 7.16. The van der Waals surface area contributed by atoms with E-state index in [-0.39, 0.29) is 17.2 Å². The van der Waals surface area contributed by atoms with Crippen molar-refractivity contribution in [3.05, 3.63) is 59.5 Å². The summed E-state index contributed by atoms with van der Waals surface area (Å²) in [4.78, 5) is 23.8. The maximum Gasteiger partial charge on any atom is 0.244 e. The SMILES string of the molecule is Cc1ccc(C=CC(=O)NCC(C)(C)CNC(=O)C=Cc2ccc(C)o2)o1. The van der Waals surface area contributed by atoms with E-state index in [1.807, 2.05) is 39.8 Å². The van der Waals surface area contributed by atoms with E-state index in [0.29, 0.717) is 24.6 Å². The largest absolute Gasteiger partial charge is 0.462 e. The van der Waals surface area contributed by atoms with Crippen LogP contribution in [0.1, 0.15) is 36.9 Å². The Hall–Kier alpha value is -3.02. The molecule has 0 saturated heterocycles. The lowest BCUT2D eigenvalue weighted by molar-refractivity contribution is -0.116. The van der Waals surface area contributed by atoms with Gasteiger partial charge in [-0.1, -0.05) is 13.8 Å². The predicted molar refractivity (Wildman–Crippen MR) is 105 cm³/mol. The zero-order chi connectivity index (χ0) is 19.9. The number of nitrogens with one attached hydrogen (secondary N) is 2. The molecule has 0 aliphatic carbocycles. The van der Waals surface area contributed by atoms with Crippen molar-refractivity contribution < 1.29 is 18.4 Å². The zero-order valence-electron chi connectivity index (χ0n) is 16.2. The van der Waals surface area contributed by atoms with Gasteiger partial charge in [0, 0.05) is 25.2 Å². The molecule has 0 aliphatic heterocycles. The molecular formula is C21H26N2O4. The molecule has 27 heavy (non-hydrogen) atoms. The first-order valence-corrected chi connectivity index (χ1v) is 8.78. The van der Waals surface area contributed by atoms with Gasteiger partial charge in [-0.2, -0.15) is 0 Å². The van der Waals surface area contributed by atoms with Crippen molar-refractivity contribution in [3.63, 3.8) is 0 Å². The number of aryl methyl sites for hydroxylation is 2. The average Bonchev–Trinajstić information content (AvgIpc) is 3.22. The zero-order valence-corrected chi connectivity index (χ0v) is 16.2. The van der Waals surface area contributed by atoms with Crippen molar-refractivity contribution in [2.24, 2.45) is 5.41 Å². The molecule has 6 nitrogen and oxygen atoms in total. The van der Waals surface area contributed by atoms with Crippen LogP contribution in [0, 0.1) is 19.3 Å². The first-order valence-electron chi connectivity index (χ1n) is 8.78. The van der Waals surface area contributed by atoms with Crippen LogP contribution in [0.5, 0.6) is 0 Å². The van der Waals surface area contributed by atoms with E-state index in [1.165, 1.54) is 12.2 Å². The summed E-state index contributed by atoms with van der Waals surface area (Å²) in [6, 6.07) is 7.28. The standard InChI is InChI=1S/C21H26N2O4/c1-15-5-7-17(26-15)9-11-19(24)22-13-21(3,4)14-23-20(25)12-10-18-8-6-16(2)27-18/h5-12H,13-14H2,1-4H3,(H,22,24)(H,23,25). The van der Waals surface area contributed by atoms with Crippen molar-refractivity contribution >= 4 is 24.0 Å². The Balaban J connectivity index is 1.73. The Bertz CT molecular complexity index is 772. The van der Waals surface area contributed by atoms with Crippen LogP contribution in [0.25, 0.3) is 12.2 Å². The van der Waals surface area contributed by atoms with Crippen molar-refractivity contribution in [3.8, 4) is 0 Å². The van der Waals surface area contributed by atoms with Gasteiger partial charge < -0.3 is 19.5 Å². The lowest BCUT2D eigenvalue weighted by Gasteiger charge is -2.24. The third kappa shape index (κ3) is 7.40. The van der Waals surface area contributed by atoms with E-state index in [1.54, 1.807) is 24.3 Å². The summed E-state index contributed by atoms with van der Waals surface area (Å²) in [6.07, 6.45) is 6.11. The summed E-state index contributed by atoms with van der Waals surface area (Å²) >= 11 is 0. The van der Waals surface area contributed by atoms with E-state index < -0.39 is 0 Å². The van der Waals surface area contributed by atoms with Gasteiger partial charge in [-0.3, -0.25) is 9.59 Å². The molecule has 2 N–H and O–H groups in total. The fourth-order valence-electron chi connectivity index (χ4n) is 2.23. The van der Waals surface area contributed by atoms with Crippen LogP contribution in [0.3, 0.4) is 0 Å². The number of amides is 2. The van der Waals surface area contributed by atoms with E-state index in [2.05, 4.69) is 10.6 Å². The fourth-order valence-corrected chi connectivity index (χ4v) is 2.23. The van der Waals surface area contributed by atoms with Gasteiger partial charge in [0.15, 0.2) is 0 Å². The van der Waals surface area contributed by atoms with Gasteiger partial charge in [0.25, 0.3) is 0 Å². The lowest BCUT2D eigenvalue weighted by Crippen LogP contribution is -2.41. The van der Waals surface area contributed by atoms with Gasteiger partial charge in [-0.05, 0) is 55.7 Å². The predicted octanol–water partition coefficient (Wildman–Crippen LogP) is 3.47. The molecule has 0 radical (unpaired) electrons. The maximum atomic E-state index is 11.9. The molecule has 2 amide bonds. The summed E-state index contributed by atoms with van der Waals surface area (Å²) in [5.41, 5.74) is -0.296. The second-order valence-electron chi connectivity index (χ2n) is 7.16. The molecule has 6 heteroatoms. The first kappa shape index (κ1) is 20.3. The Morgan fingerprint density at radius 1 is 0.852 bits per heavy atom. The number of hydrogen-bond acceptors (Lipinski definition) is 4. The third-order valence-electron chi connectivity index (χ3n) is 3.80. The highest BCUT2D eigenvalue weighted by Gasteiger charge is 2.19. The van der Waals surface area contributed by atoms with E-state index in [9.17, 15) is 9.59 Å². The van der Waals surface area contributed by atoms with Crippen LogP contribution in [0.15, 0.2) is 45.3 Å². The molecule has 2 heterocycles. The summed E-state index contributed by atoms with van der Waals surface area (Å²) in [5.74, 6) is 2.43. The highest BCUT2D eigenvalue weighted by Crippen LogP contribution is 2.12. The minimum Gasteiger partial charge on any atom is -0.462 e. The number of furan rings is 2. The summed E-state index contributed by atoms with van der Waals surface area (Å²) in [5, 5.41) is 5.67. The van der Waals surface area contributed by atoms with Crippen LogP contribution in [0.2, 0.25) is 0 Å². The normalized spacial score (nSPS) is 12.0. The van der Waals surface area contributed by atoms with E-state index in [0.717, 1.165) is 11.5 Å². The molecule has 0 atom stereocenters. The fraction of sp³-hybridized carbons (Fsp3) is 0.333. The minimum absolute atomic E-state index is 0.212. The van der Waals surface area contributed by atoms with Gasteiger partial charge in [0.1, 0.15) is 23.0 Å². The molecule has 2 aromatic rings. The van der Waals surface area contributed by atoms with Gasteiger partial charge in [-0.15, -0.1) is 0 Å². The molecule has 0 saturated carbocycles. The third-order valence-corrected chi connectivity index (χ3v) is 3.80. The Labute approximate surface area is 159 Å². The van der Waals surface area contributed by atoms with Gasteiger partial charge in [0.05, 0.1) is 0 Å². The smallest absolute Gasteiger partial charge is 0.244 e. The summed E-state index contributed by atoms with van der Waals surface area (Å²) in [6.45, 7) is 8.47. The molecule has 0 fully saturated rings. The van der Waals surface area contributed by atoms with Crippen molar-refractivity contribution in [2.45, 2.75) is 27.7 Å². The molecule has 0 spiro atoms. The topological polar surface area (TPSA) is 84.5 Å². The van der Waals surface area contributed by atoms with E-state index in [4.69, 9.17) is 8.83 Å². The van der Waals surface area contributed by atoms with Crippen LogP contribution < -0.4 is 10.6 Å². The van der Waals surface area contributed by atoms with E-state index >= 15 is 0 Å². The van der Waals surface area contributed by atoms with Gasteiger partial charge in [0.2, 0.25) is 11.8 Å². The number of hydrogen-bond donors (Lipinski definition) is 2. The van der Waals surface area contributed by atoms with Gasteiger partial charge >= 0.3 is 0 Å². The van der Waals surface area contributed by atoms with Crippen LogP contribution in [-0.2, 0) is 9.59 Å². The van der Waals surface area contributed by atoms with Crippen LogP contribution in [-0.4, -0.2) is 24.9 Å². The van der Waals surface area contributed by atoms with Crippen LogP contribution >= 0.6 is 0 Å². The second kappa shape index (κ2) is 9.07. The highest BCUT2D eigenvalue weighted by atomic mass is 16.3. The molecule has 0 unspecified atom stereocenters. The van der Waals surface area contributed by atoms with Crippen molar-refractivity contribution in [2.75, 3.05) is 13.1 Å². The Morgan fingerprint density at radius 2 is 1.26 bits per heavy atom. The number of carbonyl (C=O) groups is 2. The van der Waals surface area contributed by atoms with Crippen molar-refractivity contribution in [1.29, 1.82) is 0 Å². The minimum atomic E-state index is -0.296. The molecule has 2 rings (SSSR count). The molecule has 144 valence electrons. The monoisotopic (exact) mass is 370 g/mol. The highest BCUT2D eigenvalue weighted by molar-refractivity contribution is 5.92. The first-order chi connectivity index (χ1) is 12.7. The molecular weight excluding hydrogens is 344 g/mol. The van der Waals surface area contributed by atoms with Crippen molar-refractivity contribution in [1.82, 2.24) is 10.6 Å². The number of rotatable bonds is 8. The molecule has 0 aliphatic rings. The Kier molecular flexibility index (Phi) is 6.82. The lowest BCUT2D eigenvalue weighted by atomic mass is 9.93. The Morgan fingerprint density at radius 3 is 1.59 bits per heavy atom. The summed E-state index contributed by atoms with van der Waals surface area (Å²) < 4.78 is 10.7. The maximum absolute atomic E-state index is 11.9. The molecule has 2 aromatic heterocycles. The van der Waals surface area contributed by atoms with Crippen LogP contribution in [0.4, 0.5) is 0 Å². The molecule has 0 bridgehead atoms.